The fraction of sp³-hybridized carbons (Fsp3) is 0.500. The summed E-state index contributed by atoms with van der Waals surface area (Å²) in [7, 11) is 0. The number of carbonyl (C=O) groups excluding carboxylic acids is 1. The minimum atomic E-state index is -4.48. The average molecular weight is 550 g/mol. The molecule has 2 aromatic heterocycles. The third kappa shape index (κ3) is 7.71. The summed E-state index contributed by atoms with van der Waals surface area (Å²) in [6.45, 7) is 5.57. The molecule has 1 amide bonds. The maximum atomic E-state index is 13.3. The predicted molar refractivity (Wildman–Crippen MR) is 134 cm³/mol. The Morgan fingerprint density at radius 3 is 2.59 bits per heavy atom. The summed E-state index contributed by atoms with van der Waals surface area (Å²) in [5.41, 5.74) is 1.14. The van der Waals surface area contributed by atoms with E-state index < -0.39 is 18.4 Å². The zero-order chi connectivity index (χ0) is 28.0. The van der Waals surface area contributed by atoms with Gasteiger partial charge in [-0.3, -0.25) is 14.7 Å². The lowest BCUT2D eigenvalue weighted by Gasteiger charge is -2.40. The third-order valence-corrected chi connectivity index (χ3v) is 6.57. The number of tetrazole rings is 1. The molecule has 3 heterocycles. The Morgan fingerprint density at radius 1 is 1.13 bits per heavy atom. The molecule has 3 aromatic rings. The first-order valence-electron chi connectivity index (χ1n) is 12.7. The summed E-state index contributed by atoms with van der Waals surface area (Å²) in [5, 5.41) is 11.7. The van der Waals surface area contributed by atoms with Crippen LogP contribution in [0, 0.1) is 6.92 Å². The molecule has 1 aromatic carbocycles. The van der Waals surface area contributed by atoms with Gasteiger partial charge in [-0.05, 0) is 60.9 Å². The predicted octanol–water partition coefficient (Wildman–Crippen LogP) is 3.46. The molecule has 0 saturated carbocycles. The van der Waals surface area contributed by atoms with Crippen LogP contribution in [-0.4, -0.2) is 79.9 Å². The highest BCUT2D eigenvalue weighted by molar-refractivity contribution is 5.77. The summed E-state index contributed by atoms with van der Waals surface area (Å²) < 4.78 is 57.5. The van der Waals surface area contributed by atoms with Crippen LogP contribution < -0.4 is 4.74 Å². The van der Waals surface area contributed by atoms with Crippen LogP contribution in [0.2, 0.25) is 0 Å². The number of halogens is 4. The van der Waals surface area contributed by atoms with Crippen molar-refractivity contribution in [1.82, 2.24) is 35.0 Å². The van der Waals surface area contributed by atoms with E-state index in [-0.39, 0.29) is 31.5 Å². The van der Waals surface area contributed by atoms with Crippen LogP contribution in [0.15, 0.2) is 36.5 Å². The first-order chi connectivity index (χ1) is 18.6. The van der Waals surface area contributed by atoms with Crippen LogP contribution in [-0.2, 0) is 30.5 Å². The normalized spacial score (nSPS) is 16.5. The number of alkyl halides is 4. The molecule has 0 bridgehead atoms. The summed E-state index contributed by atoms with van der Waals surface area (Å²) in [6.07, 6.45) is -2.43. The van der Waals surface area contributed by atoms with Crippen LogP contribution in [0.3, 0.4) is 0 Å². The molecule has 1 atom stereocenters. The number of nitrogens with zero attached hydrogens (tertiary/aromatic N) is 7. The van der Waals surface area contributed by atoms with Crippen molar-refractivity contribution in [3.63, 3.8) is 0 Å². The molecular weight excluding hydrogens is 518 g/mol. The number of amides is 1. The topological polar surface area (TPSA) is 89.3 Å². The van der Waals surface area contributed by atoms with Crippen molar-refractivity contribution in [2.45, 2.75) is 52.0 Å². The van der Waals surface area contributed by atoms with Gasteiger partial charge in [-0.1, -0.05) is 6.07 Å². The fourth-order valence-corrected chi connectivity index (χ4v) is 4.64. The number of piperazine rings is 1. The maximum absolute atomic E-state index is 13.3. The molecule has 0 N–H and O–H groups in total. The van der Waals surface area contributed by atoms with E-state index in [2.05, 4.69) is 25.3 Å². The number of rotatable bonds is 10. The molecule has 13 heteroatoms. The van der Waals surface area contributed by atoms with Gasteiger partial charge in [0.25, 0.3) is 0 Å². The number of aryl methyl sites for hydroxylation is 2. The van der Waals surface area contributed by atoms with Crippen molar-refractivity contribution in [1.29, 1.82) is 0 Å². The molecule has 9 nitrogen and oxygen atoms in total. The van der Waals surface area contributed by atoms with Crippen LogP contribution in [0.5, 0.6) is 5.75 Å². The molecule has 0 radical (unpaired) electrons. The monoisotopic (exact) mass is 549 g/mol. The molecule has 0 spiro atoms. The van der Waals surface area contributed by atoms with Crippen molar-refractivity contribution in [2.75, 3.05) is 32.9 Å². The van der Waals surface area contributed by atoms with Crippen molar-refractivity contribution in [2.24, 2.45) is 0 Å². The van der Waals surface area contributed by atoms with Crippen LogP contribution >= 0.6 is 0 Å². The Balaban J connectivity index is 1.34. The van der Waals surface area contributed by atoms with Crippen molar-refractivity contribution < 1.29 is 27.1 Å². The quantitative estimate of drug-likeness (QED) is 0.358. The van der Waals surface area contributed by atoms with Gasteiger partial charge in [-0.2, -0.15) is 18.0 Å². The zero-order valence-corrected chi connectivity index (χ0v) is 21.9. The van der Waals surface area contributed by atoms with E-state index in [1.165, 1.54) is 10.9 Å². The summed E-state index contributed by atoms with van der Waals surface area (Å²) >= 11 is 0. The molecule has 1 aliphatic heterocycles. The standard InChI is InChI=1S/C26H31F4N7O2/c1-18-15-35(17-23-6-7-24(14-31-23)39-12-9-27)10-11-36(18)25(38)8-4-20-3-5-22(26(28,29)30)13-21(20)16-37-33-19(2)32-34-37/h3,5-7,13-14,18H,4,8-12,15-17H2,1-2H3/t18-/m1/s1. The Labute approximate surface area is 223 Å². The molecule has 4 rings (SSSR count). The second-order valence-electron chi connectivity index (χ2n) is 9.54. The molecule has 1 saturated heterocycles. The van der Waals surface area contributed by atoms with Gasteiger partial charge in [0.2, 0.25) is 5.91 Å². The van der Waals surface area contributed by atoms with E-state index in [4.69, 9.17) is 4.74 Å². The molecule has 0 aliphatic carbocycles. The van der Waals surface area contributed by atoms with Gasteiger partial charge in [0, 0.05) is 38.6 Å². The SMILES string of the molecule is Cc1nnn(Cc2cc(C(F)(F)F)ccc2CCC(=O)N2CCN(Cc3ccc(OCCF)cn3)C[C@H]2C)n1. The number of ether oxygens (including phenoxy) is 1. The van der Waals surface area contributed by atoms with E-state index in [1.54, 1.807) is 19.2 Å². The van der Waals surface area contributed by atoms with E-state index in [0.29, 0.717) is 55.3 Å². The van der Waals surface area contributed by atoms with Crippen molar-refractivity contribution in [3.8, 4) is 5.75 Å². The van der Waals surface area contributed by atoms with Gasteiger partial charge in [0.1, 0.15) is 19.0 Å². The minimum absolute atomic E-state index is 0.00651. The molecule has 1 aliphatic rings. The molecule has 0 unspecified atom stereocenters. The second kappa shape index (κ2) is 12.5. The van der Waals surface area contributed by atoms with E-state index in [1.807, 2.05) is 17.9 Å². The number of carbonyl (C=O) groups is 1. The number of hydrogen-bond acceptors (Lipinski definition) is 7. The lowest BCUT2D eigenvalue weighted by molar-refractivity contribution is -0.138. The molecule has 210 valence electrons. The maximum Gasteiger partial charge on any atom is 0.416 e. The van der Waals surface area contributed by atoms with E-state index in [0.717, 1.165) is 17.8 Å². The average Bonchev–Trinajstić information content (AvgIpc) is 3.31. The molecular formula is C26H31F4N7O2. The second-order valence-corrected chi connectivity index (χ2v) is 9.54. The van der Waals surface area contributed by atoms with Gasteiger partial charge < -0.3 is 9.64 Å². The van der Waals surface area contributed by atoms with Gasteiger partial charge in [0.05, 0.1) is 24.0 Å². The summed E-state index contributed by atoms with van der Waals surface area (Å²) in [4.78, 5) is 22.8. The van der Waals surface area contributed by atoms with Gasteiger partial charge in [-0.15, -0.1) is 10.2 Å². The van der Waals surface area contributed by atoms with Crippen LogP contribution in [0.4, 0.5) is 17.6 Å². The van der Waals surface area contributed by atoms with E-state index in [9.17, 15) is 22.4 Å². The third-order valence-electron chi connectivity index (χ3n) is 6.57. The fourth-order valence-electron chi connectivity index (χ4n) is 4.64. The van der Waals surface area contributed by atoms with Gasteiger partial charge in [-0.25, -0.2) is 4.39 Å². The highest BCUT2D eigenvalue weighted by atomic mass is 19.4. The Bertz CT molecular complexity index is 1250. The highest BCUT2D eigenvalue weighted by Crippen LogP contribution is 2.31. The van der Waals surface area contributed by atoms with Crippen molar-refractivity contribution >= 4 is 5.91 Å². The lowest BCUT2D eigenvalue weighted by Crippen LogP contribution is -2.53. The largest absolute Gasteiger partial charge is 0.489 e. The zero-order valence-electron chi connectivity index (χ0n) is 21.9. The smallest absolute Gasteiger partial charge is 0.416 e. The first-order valence-corrected chi connectivity index (χ1v) is 12.7. The number of benzene rings is 1. The van der Waals surface area contributed by atoms with E-state index >= 15 is 0 Å². The number of aromatic nitrogens is 5. The molecule has 1 fully saturated rings. The van der Waals surface area contributed by atoms with Gasteiger partial charge >= 0.3 is 6.18 Å². The number of pyridine rings is 1. The molecule has 39 heavy (non-hydrogen) atoms. The minimum Gasteiger partial charge on any atom is -0.489 e. The van der Waals surface area contributed by atoms with Crippen LogP contribution in [0.1, 0.15) is 41.6 Å². The Morgan fingerprint density at radius 2 is 1.95 bits per heavy atom. The van der Waals surface area contributed by atoms with Gasteiger partial charge in [0.15, 0.2) is 5.82 Å². The first kappa shape index (κ1) is 28.4. The van der Waals surface area contributed by atoms with Crippen molar-refractivity contribution in [3.05, 3.63) is 64.7 Å². The Hall–Kier alpha value is -3.61. The number of hydrogen-bond donors (Lipinski definition) is 0. The summed E-state index contributed by atoms with van der Waals surface area (Å²) in [5.74, 6) is 0.890. The van der Waals surface area contributed by atoms with Crippen LogP contribution in [0.25, 0.3) is 0 Å². The summed E-state index contributed by atoms with van der Waals surface area (Å²) in [6, 6.07) is 7.13. The highest BCUT2D eigenvalue weighted by Gasteiger charge is 2.31. The Kier molecular flexibility index (Phi) is 9.10. The lowest BCUT2D eigenvalue weighted by atomic mass is 9.99.